The van der Waals surface area contributed by atoms with Crippen LogP contribution >= 0.6 is 11.6 Å². The fourth-order valence-electron chi connectivity index (χ4n) is 2.97. The largest absolute Gasteiger partial charge is 0.496 e. The number of benzene rings is 1. The number of imidazole rings is 1. The average molecular weight is 350 g/mol. The predicted octanol–water partition coefficient (Wildman–Crippen LogP) is 2.48. The summed E-state index contributed by atoms with van der Waals surface area (Å²) in [5.41, 5.74) is 0.766. The summed E-state index contributed by atoms with van der Waals surface area (Å²) in [6.07, 6.45) is 3.91. The minimum Gasteiger partial charge on any atom is -0.496 e. The topological polar surface area (TPSA) is 65.4 Å². The Bertz CT molecular complexity index is 732. The number of ether oxygens (including phenoxy) is 2. The summed E-state index contributed by atoms with van der Waals surface area (Å²) < 4.78 is 12.9. The lowest BCUT2D eigenvalue weighted by Gasteiger charge is -2.18. The van der Waals surface area contributed by atoms with Gasteiger partial charge in [-0.05, 0) is 18.6 Å². The molecule has 0 saturated carbocycles. The van der Waals surface area contributed by atoms with E-state index in [4.69, 9.17) is 21.1 Å². The summed E-state index contributed by atoms with van der Waals surface area (Å²) in [6, 6.07) is 5.41. The Morgan fingerprint density at radius 2 is 2.38 bits per heavy atom. The molecule has 1 aliphatic heterocycles. The minimum absolute atomic E-state index is 0.0672. The molecule has 2 atom stereocenters. The second-order valence-corrected chi connectivity index (χ2v) is 6.13. The van der Waals surface area contributed by atoms with Crippen LogP contribution in [0, 0.1) is 5.92 Å². The highest BCUT2D eigenvalue weighted by Crippen LogP contribution is 2.34. The van der Waals surface area contributed by atoms with Crippen molar-refractivity contribution in [2.75, 3.05) is 13.7 Å². The van der Waals surface area contributed by atoms with Gasteiger partial charge in [-0.15, -0.1) is 0 Å². The highest BCUT2D eigenvalue weighted by Gasteiger charge is 2.37. The van der Waals surface area contributed by atoms with E-state index in [-0.39, 0.29) is 17.9 Å². The second kappa shape index (κ2) is 7.23. The maximum atomic E-state index is 12.6. The summed E-state index contributed by atoms with van der Waals surface area (Å²) in [5, 5.41) is 3.51. The van der Waals surface area contributed by atoms with Gasteiger partial charge in [0.15, 0.2) is 0 Å². The van der Waals surface area contributed by atoms with E-state index in [2.05, 4.69) is 10.3 Å². The van der Waals surface area contributed by atoms with Crippen molar-refractivity contribution in [3.63, 3.8) is 0 Å². The lowest BCUT2D eigenvalue weighted by Crippen LogP contribution is -2.32. The number of nitrogens with one attached hydrogen (secondary N) is 1. The number of methoxy groups -OCH3 is 1. The lowest BCUT2D eigenvalue weighted by atomic mass is 9.99. The molecule has 2 heterocycles. The molecule has 0 unspecified atom stereocenters. The highest BCUT2D eigenvalue weighted by molar-refractivity contribution is 6.31. The standard InChI is InChI=1S/C17H20ClN3O3/c1-21-8-7-19-16(21)15-11(6-9-24-15)17(22)20-10-12-13(18)4-3-5-14(12)23-2/h3-5,7-8,11,15H,6,9-10H2,1-2H3,(H,20,22)/t11-,15-/m1/s1. The van der Waals surface area contributed by atoms with Crippen LogP contribution in [0.3, 0.4) is 0 Å². The van der Waals surface area contributed by atoms with Crippen LogP contribution in [-0.4, -0.2) is 29.2 Å². The molecule has 24 heavy (non-hydrogen) atoms. The van der Waals surface area contributed by atoms with Gasteiger partial charge in [-0.1, -0.05) is 17.7 Å². The molecule has 1 saturated heterocycles. The van der Waals surface area contributed by atoms with E-state index in [1.165, 1.54) is 0 Å². The Labute approximate surface area is 145 Å². The first-order valence-electron chi connectivity index (χ1n) is 7.79. The monoisotopic (exact) mass is 349 g/mol. The van der Waals surface area contributed by atoms with Gasteiger partial charge >= 0.3 is 0 Å². The van der Waals surface area contributed by atoms with Gasteiger partial charge < -0.3 is 19.4 Å². The van der Waals surface area contributed by atoms with E-state index >= 15 is 0 Å². The smallest absolute Gasteiger partial charge is 0.226 e. The molecular formula is C17H20ClN3O3. The SMILES string of the molecule is COc1cccc(Cl)c1CNC(=O)[C@@H]1CCO[C@H]1c1nccn1C. The minimum atomic E-state index is -0.321. The number of hydrogen-bond donors (Lipinski definition) is 1. The van der Waals surface area contributed by atoms with Crippen molar-refractivity contribution < 1.29 is 14.3 Å². The number of rotatable bonds is 5. The number of carbonyl (C=O) groups is 1. The molecule has 128 valence electrons. The van der Waals surface area contributed by atoms with E-state index in [1.54, 1.807) is 19.4 Å². The molecule has 1 N–H and O–H groups in total. The molecular weight excluding hydrogens is 330 g/mol. The van der Waals surface area contributed by atoms with Crippen molar-refractivity contribution in [3.05, 3.63) is 47.0 Å². The molecule has 1 aliphatic rings. The van der Waals surface area contributed by atoms with E-state index in [9.17, 15) is 4.79 Å². The summed E-state index contributed by atoms with van der Waals surface area (Å²) in [5.74, 6) is 1.09. The number of aryl methyl sites for hydroxylation is 1. The summed E-state index contributed by atoms with van der Waals surface area (Å²) in [7, 11) is 3.48. The first-order valence-corrected chi connectivity index (χ1v) is 8.17. The molecule has 1 fully saturated rings. The molecule has 0 radical (unpaired) electrons. The molecule has 6 nitrogen and oxygen atoms in total. The molecule has 1 aromatic carbocycles. The summed E-state index contributed by atoms with van der Waals surface area (Å²) >= 11 is 6.21. The average Bonchev–Trinajstić information content (AvgIpc) is 3.21. The highest BCUT2D eigenvalue weighted by atomic mass is 35.5. The Hall–Kier alpha value is -2.05. The number of amides is 1. The van der Waals surface area contributed by atoms with Crippen LogP contribution in [0.2, 0.25) is 5.02 Å². The zero-order chi connectivity index (χ0) is 17.1. The molecule has 1 aromatic heterocycles. The molecule has 2 aromatic rings. The Balaban J connectivity index is 1.70. The Morgan fingerprint density at radius 3 is 3.08 bits per heavy atom. The van der Waals surface area contributed by atoms with Crippen molar-refractivity contribution >= 4 is 17.5 Å². The number of carbonyl (C=O) groups excluding carboxylic acids is 1. The first kappa shape index (κ1) is 16.8. The molecule has 0 bridgehead atoms. The molecule has 1 amide bonds. The number of aromatic nitrogens is 2. The van der Waals surface area contributed by atoms with Gasteiger partial charge in [0.2, 0.25) is 5.91 Å². The van der Waals surface area contributed by atoms with Gasteiger partial charge in [-0.2, -0.15) is 0 Å². The maximum absolute atomic E-state index is 12.6. The third kappa shape index (κ3) is 3.25. The van der Waals surface area contributed by atoms with Crippen molar-refractivity contribution in [2.45, 2.75) is 19.1 Å². The van der Waals surface area contributed by atoms with Crippen LogP contribution in [-0.2, 0) is 23.1 Å². The van der Waals surface area contributed by atoms with Crippen molar-refractivity contribution in [2.24, 2.45) is 13.0 Å². The first-order chi connectivity index (χ1) is 11.6. The van der Waals surface area contributed by atoms with Gasteiger partial charge in [0.1, 0.15) is 17.7 Å². The van der Waals surface area contributed by atoms with E-state index in [1.807, 2.05) is 29.9 Å². The normalized spacial score (nSPS) is 20.1. The van der Waals surface area contributed by atoms with Crippen LogP contribution in [0.5, 0.6) is 5.75 Å². The second-order valence-electron chi connectivity index (χ2n) is 5.72. The molecule has 0 aliphatic carbocycles. The van der Waals surface area contributed by atoms with Crippen molar-refractivity contribution in [3.8, 4) is 5.75 Å². The van der Waals surface area contributed by atoms with Crippen LogP contribution in [0.4, 0.5) is 0 Å². The van der Waals surface area contributed by atoms with Crippen LogP contribution < -0.4 is 10.1 Å². The lowest BCUT2D eigenvalue weighted by molar-refractivity contribution is -0.127. The van der Waals surface area contributed by atoms with Gasteiger partial charge in [0, 0.05) is 43.2 Å². The third-order valence-corrected chi connectivity index (χ3v) is 4.63. The summed E-state index contributed by atoms with van der Waals surface area (Å²) in [4.78, 5) is 16.9. The quantitative estimate of drug-likeness (QED) is 0.900. The van der Waals surface area contributed by atoms with E-state index in [0.717, 1.165) is 11.4 Å². The molecule has 3 rings (SSSR count). The van der Waals surface area contributed by atoms with Crippen LogP contribution in [0.1, 0.15) is 23.9 Å². The Morgan fingerprint density at radius 1 is 1.54 bits per heavy atom. The number of halogens is 1. The van der Waals surface area contributed by atoms with Crippen LogP contribution in [0.15, 0.2) is 30.6 Å². The zero-order valence-electron chi connectivity index (χ0n) is 13.7. The van der Waals surface area contributed by atoms with Gasteiger partial charge in [0.25, 0.3) is 0 Å². The van der Waals surface area contributed by atoms with Crippen molar-refractivity contribution in [1.29, 1.82) is 0 Å². The van der Waals surface area contributed by atoms with Gasteiger partial charge in [-0.3, -0.25) is 4.79 Å². The fraction of sp³-hybridized carbons (Fsp3) is 0.412. The Kier molecular flexibility index (Phi) is 5.06. The molecule has 0 spiro atoms. The number of hydrogen-bond acceptors (Lipinski definition) is 4. The number of nitrogens with zero attached hydrogens (tertiary/aromatic N) is 2. The van der Waals surface area contributed by atoms with Gasteiger partial charge in [0.05, 0.1) is 13.0 Å². The van der Waals surface area contributed by atoms with E-state index < -0.39 is 0 Å². The van der Waals surface area contributed by atoms with Crippen LogP contribution in [0.25, 0.3) is 0 Å². The third-order valence-electron chi connectivity index (χ3n) is 4.28. The zero-order valence-corrected chi connectivity index (χ0v) is 14.4. The molecule has 7 heteroatoms. The van der Waals surface area contributed by atoms with Crippen molar-refractivity contribution in [1.82, 2.24) is 14.9 Å². The maximum Gasteiger partial charge on any atom is 0.226 e. The fourth-order valence-corrected chi connectivity index (χ4v) is 3.20. The summed E-state index contributed by atoms with van der Waals surface area (Å²) in [6.45, 7) is 0.858. The van der Waals surface area contributed by atoms with Gasteiger partial charge in [-0.25, -0.2) is 4.98 Å². The predicted molar refractivity (Wildman–Crippen MR) is 89.9 cm³/mol. The van der Waals surface area contributed by atoms with E-state index in [0.29, 0.717) is 30.3 Å².